The van der Waals surface area contributed by atoms with E-state index in [1.165, 1.54) is 4.90 Å². The molecule has 10 heteroatoms. The first-order valence-electron chi connectivity index (χ1n) is 13.3. The van der Waals surface area contributed by atoms with Crippen LogP contribution >= 0.6 is 0 Å². The van der Waals surface area contributed by atoms with Gasteiger partial charge >= 0.3 is 0 Å². The van der Waals surface area contributed by atoms with Gasteiger partial charge in [0.2, 0.25) is 11.8 Å². The zero-order chi connectivity index (χ0) is 29.1. The SMILES string of the molecule is CCNC(=O)[C@@H](CC)N(CCc1ccccc1)C(=O)CN(c1ccc(OCC)cc1)S(=O)(=O)c1ccc(F)cc1. The van der Waals surface area contributed by atoms with Crippen molar-refractivity contribution in [2.24, 2.45) is 0 Å². The quantitative estimate of drug-likeness (QED) is 0.310. The van der Waals surface area contributed by atoms with Crippen molar-refractivity contribution < 1.29 is 27.1 Å². The Kier molecular flexibility index (Phi) is 11.1. The lowest BCUT2D eigenvalue weighted by Gasteiger charge is -2.33. The van der Waals surface area contributed by atoms with Crippen molar-refractivity contribution in [3.05, 3.63) is 90.2 Å². The third-order valence-electron chi connectivity index (χ3n) is 6.34. The molecule has 214 valence electrons. The summed E-state index contributed by atoms with van der Waals surface area (Å²) >= 11 is 0. The molecular formula is C30H36FN3O5S. The summed E-state index contributed by atoms with van der Waals surface area (Å²) in [5.74, 6) is -0.875. The molecule has 3 rings (SSSR count). The Balaban J connectivity index is 2.00. The van der Waals surface area contributed by atoms with Crippen LogP contribution in [0.5, 0.6) is 5.75 Å². The number of ether oxygens (including phenoxy) is 1. The van der Waals surface area contributed by atoms with Gasteiger partial charge in [0.05, 0.1) is 17.2 Å². The average Bonchev–Trinajstić information content (AvgIpc) is 2.95. The van der Waals surface area contributed by atoms with Crippen LogP contribution in [0.1, 0.15) is 32.8 Å². The molecule has 0 spiro atoms. The van der Waals surface area contributed by atoms with Crippen LogP contribution in [0.15, 0.2) is 83.8 Å². The van der Waals surface area contributed by atoms with Crippen LogP contribution in [0.4, 0.5) is 10.1 Å². The van der Waals surface area contributed by atoms with Gasteiger partial charge in [0.1, 0.15) is 24.2 Å². The van der Waals surface area contributed by atoms with E-state index in [0.29, 0.717) is 31.7 Å². The van der Waals surface area contributed by atoms with Crippen LogP contribution in [0, 0.1) is 5.82 Å². The lowest BCUT2D eigenvalue weighted by Crippen LogP contribution is -2.53. The molecule has 0 aliphatic carbocycles. The topological polar surface area (TPSA) is 96.0 Å². The average molecular weight is 570 g/mol. The second-order valence-electron chi connectivity index (χ2n) is 9.03. The number of carbonyl (C=O) groups is 2. The van der Waals surface area contributed by atoms with Gasteiger partial charge in [-0.25, -0.2) is 12.8 Å². The Hall–Kier alpha value is -3.92. The third kappa shape index (κ3) is 7.81. The predicted octanol–water partition coefficient (Wildman–Crippen LogP) is 4.41. The number of sulfonamides is 1. The van der Waals surface area contributed by atoms with Gasteiger partial charge in [-0.05, 0) is 80.8 Å². The van der Waals surface area contributed by atoms with Crippen LogP contribution in [-0.4, -0.2) is 57.4 Å². The minimum Gasteiger partial charge on any atom is -0.494 e. The smallest absolute Gasteiger partial charge is 0.264 e. The van der Waals surface area contributed by atoms with Crippen LogP contribution < -0.4 is 14.4 Å². The first-order valence-corrected chi connectivity index (χ1v) is 14.8. The van der Waals surface area contributed by atoms with Gasteiger partial charge in [0.25, 0.3) is 10.0 Å². The number of halogens is 1. The molecular weight excluding hydrogens is 533 g/mol. The number of anilines is 1. The van der Waals surface area contributed by atoms with Gasteiger partial charge in [-0.2, -0.15) is 0 Å². The highest BCUT2D eigenvalue weighted by molar-refractivity contribution is 7.92. The van der Waals surface area contributed by atoms with Crippen molar-refractivity contribution in [2.45, 2.75) is 44.6 Å². The Morgan fingerprint density at radius 3 is 2.15 bits per heavy atom. The molecule has 0 fully saturated rings. The normalized spacial score (nSPS) is 11.9. The number of benzene rings is 3. The van der Waals surface area contributed by atoms with Crippen molar-refractivity contribution in [2.75, 3.05) is 30.5 Å². The fourth-order valence-electron chi connectivity index (χ4n) is 4.33. The molecule has 0 aliphatic rings. The second-order valence-corrected chi connectivity index (χ2v) is 10.9. The summed E-state index contributed by atoms with van der Waals surface area (Å²) in [7, 11) is -4.28. The fraction of sp³-hybridized carbons (Fsp3) is 0.333. The number of likely N-dealkylation sites (N-methyl/N-ethyl adjacent to an activating group) is 1. The molecule has 40 heavy (non-hydrogen) atoms. The molecule has 0 bridgehead atoms. The zero-order valence-electron chi connectivity index (χ0n) is 23.0. The van der Waals surface area contributed by atoms with E-state index < -0.39 is 34.3 Å². The summed E-state index contributed by atoms with van der Waals surface area (Å²) in [5, 5.41) is 2.78. The fourth-order valence-corrected chi connectivity index (χ4v) is 5.74. The standard InChI is InChI=1S/C30H36FN3O5S/c1-4-28(30(36)32-5-2)33(21-20-23-10-8-7-9-11-23)29(35)22-34(25-14-16-26(17-15-25)39-6-3)40(37,38)27-18-12-24(31)13-19-27/h7-19,28H,4-6,20-22H2,1-3H3,(H,32,36)/t28-/m1/s1. The number of amides is 2. The molecule has 2 amide bonds. The highest BCUT2D eigenvalue weighted by atomic mass is 32.2. The van der Waals surface area contributed by atoms with Crippen molar-refractivity contribution in [3.8, 4) is 5.75 Å². The van der Waals surface area contributed by atoms with Gasteiger partial charge in [0, 0.05) is 13.1 Å². The molecule has 1 N–H and O–H groups in total. The number of hydrogen-bond acceptors (Lipinski definition) is 5. The van der Waals surface area contributed by atoms with E-state index in [1.807, 2.05) is 44.2 Å². The largest absolute Gasteiger partial charge is 0.494 e. The molecule has 8 nitrogen and oxygen atoms in total. The molecule has 3 aromatic rings. The van der Waals surface area contributed by atoms with Gasteiger partial charge in [-0.3, -0.25) is 13.9 Å². The van der Waals surface area contributed by atoms with E-state index in [0.717, 1.165) is 34.1 Å². The van der Waals surface area contributed by atoms with Gasteiger partial charge in [0.15, 0.2) is 0 Å². The number of rotatable bonds is 14. The summed E-state index contributed by atoms with van der Waals surface area (Å²) in [4.78, 5) is 28.1. The van der Waals surface area contributed by atoms with E-state index in [-0.39, 0.29) is 23.0 Å². The lowest BCUT2D eigenvalue weighted by atomic mass is 10.1. The Bertz CT molecular complexity index is 1350. The molecule has 0 heterocycles. The Labute approximate surface area is 235 Å². The molecule has 0 unspecified atom stereocenters. The molecule has 0 aliphatic heterocycles. The third-order valence-corrected chi connectivity index (χ3v) is 8.13. The summed E-state index contributed by atoms with van der Waals surface area (Å²) in [6, 6.07) is 19.5. The molecule has 0 radical (unpaired) electrons. The maximum absolute atomic E-state index is 13.9. The molecule has 0 aromatic heterocycles. The zero-order valence-corrected chi connectivity index (χ0v) is 23.9. The molecule has 3 aromatic carbocycles. The van der Waals surface area contributed by atoms with Crippen LogP contribution in [-0.2, 0) is 26.0 Å². The van der Waals surface area contributed by atoms with E-state index >= 15 is 0 Å². The number of hydrogen-bond donors (Lipinski definition) is 1. The Morgan fingerprint density at radius 1 is 0.925 bits per heavy atom. The number of nitrogens with zero attached hydrogens (tertiary/aromatic N) is 2. The van der Waals surface area contributed by atoms with Crippen molar-refractivity contribution in [1.29, 1.82) is 0 Å². The summed E-state index contributed by atoms with van der Waals surface area (Å²) in [6.45, 7) is 5.93. The minimum absolute atomic E-state index is 0.165. The first kappa shape index (κ1) is 30.6. The van der Waals surface area contributed by atoms with E-state index in [2.05, 4.69) is 5.32 Å². The maximum Gasteiger partial charge on any atom is 0.264 e. The summed E-state index contributed by atoms with van der Waals surface area (Å²) in [6.07, 6.45) is 0.830. The monoisotopic (exact) mass is 569 g/mol. The van der Waals surface area contributed by atoms with E-state index in [9.17, 15) is 22.4 Å². The van der Waals surface area contributed by atoms with Crippen LogP contribution in [0.25, 0.3) is 0 Å². The molecule has 0 saturated heterocycles. The second kappa shape index (κ2) is 14.5. The van der Waals surface area contributed by atoms with Crippen LogP contribution in [0.3, 0.4) is 0 Å². The van der Waals surface area contributed by atoms with E-state index in [1.54, 1.807) is 31.2 Å². The summed E-state index contributed by atoms with van der Waals surface area (Å²) < 4.78 is 47.6. The van der Waals surface area contributed by atoms with Gasteiger partial charge in [-0.1, -0.05) is 37.3 Å². The molecule has 0 saturated carbocycles. The van der Waals surface area contributed by atoms with Crippen molar-refractivity contribution >= 4 is 27.5 Å². The Morgan fingerprint density at radius 2 is 1.57 bits per heavy atom. The lowest BCUT2D eigenvalue weighted by molar-refractivity contribution is -0.139. The maximum atomic E-state index is 13.9. The summed E-state index contributed by atoms with van der Waals surface area (Å²) in [5.41, 5.74) is 1.21. The van der Waals surface area contributed by atoms with E-state index in [4.69, 9.17) is 4.74 Å². The minimum atomic E-state index is -4.28. The number of carbonyl (C=O) groups excluding carboxylic acids is 2. The van der Waals surface area contributed by atoms with Gasteiger partial charge < -0.3 is 15.0 Å². The highest BCUT2D eigenvalue weighted by Gasteiger charge is 2.33. The molecule has 1 atom stereocenters. The first-order chi connectivity index (χ1) is 19.2. The predicted molar refractivity (Wildman–Crippen MR) is 153 cm³/mol. The highest BCUT2D eigenvalue weighted by Crippen LogP contribution is 2.27. The van der Waals surface area contributed by atoms with Crippen LogP contribution in [0.2, 0.25) is 0 Å². The number of nitrogens with one attached hydrogen (secondary N) is 1. The van der Waals surface area contributed by atoms with Gasteiger partial charge in [-0.15, -0.1) is 0 Å². The van der Waals surface area contributed by atoms with Crippen molar-refractivity contribution in [3.63, 3.8) is 0 Å². The van der Waals surface area contributed by atoms with Crippen molar-refractivity contribution in [1.82, 2.24) is 10.2 Å².